The second-order valence-electron chi connectivity index (χ2n) is 2.28. The Morgan fingerprint density at radius 2 is 1.70 bits per heavy atom. The van der Waals surface area contributed by atoms with Gasteiger partial charge in [0.1, 0.15) is 0 Å². The van der Waals surface area contributed by atoms with Crippen LogP contribution in [0.15, 0.2) is 0 Å². The standard InChI is InChI=1S/C9H16O/c1-2-3-4-5-6-7-8-9-10/h10H,2-4,7-9H2,1H3. The summed E-state index contributed by atoms with van der Waals surface area (Å²) in [6.07, 6.45) is 5.10. The molecule has 1 N–H and O–H groups in total. The minimum absolute atomic E-state index is 0.266. The molecule has 0 bridgehead atoms. The number of aliphatic hydroxyl groups excluding tert-OH is 1. The van der Waals surface area contributed by atoms with E-state index >= 15 is 0 Å². The van der Waals surface area contributed by atoms with Crippen LogP contribution >= 0.6 is 0 Å². The summed E-state index contributed by atoms with van der Waals surface area (Å²) in [6, 6.07) is 0. The molecule has 0 aliphatic heterocycles. The molecule has 0 aromatic carbocycles. The van der Waals surface area contributed by atoms with Crippen LogP contribution in [-0.4, -0.2) is 11.7 Å². The van der Waals surface area contributed by atoms with Crippen LogP contribution in [0.3, 0.4) is 0 Å². The van der Waals surface area contributed by atoms with Crippen LogP contribution in [-0.2, 0) is 0 Å². The Labute approximate surface area is 63.5 Å². The van der Waals surface area contributed by atoms with Gasteiger partial charge in [0.15, 0.2) is 0 Å². The summed E-state index contributed by atoms with van der Waals surface area (Å²) in [7, 11) is 0. The Bertz CT molecular complexity index is 95.6. The summed E-state index contributed by atoms with van der Waals surface area (Å²) < 4.78 is 0. The maximum atomic E-state index is 8.40. The smallest absolute Gasteiger partial charge is 0.0440 e. The number of unbranched alkanes of at least 4 members (excludes halogenated alkanes) is 3. The van der Waals surface area contributed by atoms with E-state index in [0.29, 0.717) is 0 Å². The molecular weight excluding hydrogens is 124 g/mol. The lowest BCUT2D eigenvalue weighted by Gasteiger charge is -1.85. The second kappa shape index (κ2) is 8.52. The van der Waals surface area contributed by atoms with E-state index in [1.807, 2.05) is 0 Å². The van der Waals surface area contributed by atoms with Gasteiger partial charge in [-0.25, -0.2) is 0 Å². The lowest BCUT2D eigenvalue weighted by molar-refractivity contribution is 0.290. The van der Waals surface area contributed by atoms with E-state index in [4.69, 9.17) is 5.11 Å². The molecule has 10 heavy (non-hydrogen) atoms. The van der Waals surface area contributed by atoms with E-state index < -0.39 is 0 Å². The van der Waals surface area contributed by atoms with Crippen molar-refractivity contribution in [3.8, 4) is 11.8 Å². The monoisotopic (exact) mass is 140 g/mol. The second-order valence-corrected chi connectivity index (χ2v) is 2.28. The predicted octanol–water partition coefficient (Wildman–Crippen LogP) is 1.95. The van der Waals surface area contributed by atoms with Crippen molar-refractivity contribution in [1.29, 1.82) is 0 Å². The van der Waals surface area contributed by atoms with Gasteiger partial charge >= 0.3 is 0 Å². The Morgan fingerprint density at radius 1 is 1.10 bits per heavy atom. The van der Waals surface area contributed by atoms with Gasteiger partial charge in [0.25, 0.3) is 0 Å². The van der Waals surface area contributed by atoms with Gasteiger partial charge in [-0.1, -0.05) is 13.3 Å². The molecule has 0 rings (SSSR count). The summed E-state index contributed by atoms with van der Waals surface area (Å²) in [6.45, 7) is 2.43. The highest BCUT2D eigenvalue weighted by Crippen LogP contribution is 1.91. The highest BCUT2D eigenvalue weighted by molar-refractivity contribution is 4.98. The lowest BCUT2D eigenvalue weighted by Crippen LogP contribution is -1.78. The van der Waals surface area contributed by atoms with E-state index in [1.54, 1.807) is 0 Å². The number of rotatable bonds is 4. The highest BCUT2D eigenvalue weighted by Gasteiger charge is 1.78. The molecule has 0 radical (unpaired) electrons. The Hall–Kier alpha value is -0.480. The van der Waals surface area contributed by atoms with Gasteiger partial charge < -0.3 is 5.11 Å². The molecule has 1 heteroatoms. The molecule has 0 unspecified atom stereocenters. The maximum absolute atomic E-state index is 8.40. The summed E-state index contributed by atoms with van der Waals surface area (Å²) in [4.78, 5) is 0. The molecule has 0 amide bonds. The molecule has 0 saturated carbocycles. The third kappa shape index (κ3) is 7.52. The van der Waals surface area contributed by atoms with Crippen molar-refractivity contribution in [2.24, 2.45) is 0 Å². The van der Waals surface area contributed by atoms with Gasteiger partial charge in [0.05, 0.1) is 0 Å². The van der Waals surface area contributed by atoms with Crippen molar-refractivity contribution in [3.05, 3.63) is 0 Å². The number of hydrogen-bond acceptors (Lipinski definition) is 1. The van der Waals surface area contributed by atoms with Crippen LogP contribution in [0.1, 0.15) is 39.0 Å². The Balaban J connectivity index is 2.98. The molecule has 0 fully saturated rings. The summed E-state index contributed by atoms with van der Waals surface area (Å²) >= 11 is 0. The largest absolute Gasteiger partial charge is 0.396 e. The van der Waals surface area contributed by atoms with Crippen molar-refractivity contribution in [1.82, 2.24) is 0 Å². The first-order valence-electron chi connectivity index (χ1n) is 3.98. The van der Waals surface area contributed by atoms with Crippen LogP contribution in [0.2, 0.25) is 0 Å². The summed E-state index contributed by atoms with van der Waals surface area (Å²) in [5, 5.41) is 8.40. The van der Waals surface area contributed by atoms with Crippen molar-refractivity contribution in [2.45, 2.75) is 39.0 Å². The van der Waals surface area contributed by atoms with Gasteiger partial charge in [-0.05, 0) is 12.8 Å². The first-order valence-corrected chi connectivity index (χ1v) is 3.98. The molecule has 1 nitrogen and oxygen atoms in total. The fourth-order valence-electron chi connectivity index (χ4n) is 0.609. The zero-order chi connectivity index (χ0) is 7.66. The fraction of sp³-hybridized carbons (Fsp3) is 0.778. The van der Waals surface area contributed by atoms with Gasteiger partial charge in [-0.2, -0.15) is 0 Å². The summed E-state index contributed by atoms with van der Waals surface area (Å²) in [5.74, 6) is 6.07. The van der Waals surface area contributed by atoms with E-state index in [0.717, 1.165) is 19.3 Å². The maximum Gasteiger partial charge on any atom is 0.0440 e. The summed E-state index contributed by atoms with van der Waals surface area (Å²) in [5.41, 5.74) is 0. The predicted molar refractivity (Wildman–Crippen MR) is 43.6 cm³/mol. The van der Waals surface area contributed by atoms with Crippen molar-refractivity contribution in [2.75, 3.05) is 6.61 Å². The minimum Gasteiger partial charge on any atom is -0.396 e. The average Bonchev–Trinajstić information content (AvgIpc) is 1.97. The average molecular weight is 140 g/mol. The van der Waals surface area contributed by atoms with Gasteiger partial charge in [-0.3, -0.25) is 0 Å². The third-order valence-corrected chi connectivity index (χ3v) is 1.24. The Kier molecular flexibility index (Phi) is 8.11. The van der Waals surface area contributed by atoms with Crippen molar-refractivity contribution >= 4 is 0 Å². The van der Waals surface area contributed by atoms with Crippen LogP contribution in [0, 0.1) is 11.8 Å². The lowest BCUT2D eigenvalue weighted by atomic mass is 10.2. The van der Waals surface area contributed by atoms with Crippen LogP contribution in [0.5, 0.6) is 0 Å². The molecule has 0 atom stereocenters. The number of hydrogen-bond donors (Lipinski definition) is 1. The highest BCUT2D eigenvalue weighted by atomic mass is 16.2. The van der Waals surface area contributed by atoms with Crippen molar-refractivity contribution < 1.29 is 5.11 Å². The molecular formula is C9H16O. The quantitative estimate of drug-likeness (QED) is 0.467. The normalized spacial score (nSPS) is 8.60. The van der Waals surface area contributed by atoms with Crippen molar-refractivity contribution in [3.63, 3.8) is 0 Å². The fourth-order valence-corrected chi connectivity index (χ4v) is 0.609. The first kappa shape index (κ1) is 9.52. The van der Waals surface area contributed by atoms with Crippen LogP contribution in [0.25, 0.3) is 0 Å². The molecule has 0 aliphatic carbocycles. The third-order valence-electron chi connectivity index (χ3n) is 1.24. The first-order chi connectivity index (χ1) is 4.91. The molecule has 0 spiro atoms. The van der Waals surface area contributed by atoms with Gasteiger partial charge in [0, 0.05) is 19.4 Å². The van der Waals surface area contributed by atoms with Gasteiger partial charge in [-0.15, -0.1) is 11.8 Å². The molecule has 0 saturated heterocycles. The Morgan fingerprint density at radius 3 is 2.20 bits per heavy atom. The van der Waals surface area contributed by atoms with Crippen LogP contribution < -0.4 is 0 Å². The molecule has 0 aromatic heterocycles. The van der Waals surface area contributed by atoms with Crippen LogP contribution in [0.4, 0.5) is 0 Å². The molecule has 0 aliphatic rings. The van der Waals surface area contributed by atoms with E-state index in [9.17, 15) is 0 Å². The minimum atomic E-state index is 0.266. The van der Waals surface area contributed by atoms with E-state index in [2.05, 4.69) is 18.8 Å². The zero-order valence-electron chi connectivity index (χ0n) is 6.69. The SMILES string of the molecule is CCCCC#CCCCO. The van der Waals surface area contributed by atoms with E-state index in [-0.39, 0.29) is 6.61 Å². The molecule has 0 aromatic rings. The zero-order valence-corrected chi connectivity index (χ0v) is 6.69. The molecule has 58 valence electrons. The number of aliphatic hydroxyl groups is 1. The van der Waals surface area contributed by atoms with Gasteiger partial charge in [0.2, 0.25) is 0 Å². The topological polar surface area (TPSA) is 20.2 Å². The van der Waals surface area contributed by atoms with E-state index in [1.165, 1.54) is 12.8 Å². The molecule has 0 heterocycles.